The molecule has 0 spiro atoms. The molecule has 1 heterocycles. The van der Waals surface area contributed by atoms with Crippen LogP contribution in [0.4, 0.5) is 13.2 Å². The Kier molecular flexibility index (Phi) is 5.40. The molecule has 1 aromatic heterocycles. The number of aromatic nitrogens is 1. The second-order valence-corrected chi connectivity index (χ2v) is 3.64. The molecule has 1 rings (SSSR count). The van der Waals surface area contributed by atoms with Crippen LogP contribution in [0.15, 0.2) is 6.20 Å². The molecule has 0 saturated heterocycles. The van der Waals surface area contributed by atoms with Gasteiger partial charge in [-0.25, -0.2) is 13.2 Å². The molecule has 3 nitrogen and oxygen atoms in total. The summed E-state index contributed by atoms with van der Waals surface area (Å²) in [5.74, 6) is -2.06. The molecule has 0 atom stereocenters. The van der Waals surface area contributed by atoms with Gasteiger partial charge >= 0.3 is 5.97 Å². The standard InChI is InChI=1S/C11H11ClF3NO2/c1-2-18-9(17)3-8-10(13)6(4-12)7(5-16-8)11(14)15/h5,11H,2-4H2,1H3. The van der Waals surface area contributed by atoms with E-state index in [2.05, 4.69) is 9.72 Å². The van der Waals surface area contributed by atoms with Crippen molar-refractivity contribution < 1.29 is 22.7 Å². The Bertz CT molecular complexity index is 441. The van der Waals surface area contributed by atoms with Crippen LogP contribution >= 0.6 is 11.6 Å². The molecule has 0 bridgehead atoms. The predicted molar refractivity (Wildman–Crippen MR) is 59.0 cm³/mol. The van der Waals surface area contributed by atoms with Gasteiger partial charge in [0.05, 0.1) is 24.6 Å². The number of hydrogen-bond acceptors (Lipinski definition) is 3. The van der Waals surface area contributed by atoms with E-state index in [1.807, 2.05) is 0 Å². The Morgan fingerprint density at radius 2 is 2.22 bits per heavy atom. The van der Waals surface area contributed by atoms with Crippen LogP contribution in [-0.2, 0) is 21.8 Å². The highest BCUT2D eigenvalue weighted by Crippen LogP contribution is 2.27. The van der Waals surface area contributed by atoms with Gasteiger partial charge in [-0.1, -0.05) is 0 Å². The Hall–Kier alpha value is -1.30. The molecule has 18 heavy (non-hydrogen) atoms. The molecule has 0 aliphatic carbocycles. The third kappa shape index (κ3) is 3.35. The average molecular weight is 282 g/mol. The highest BCUT2D eigenvalue weighted by molar-refractivity contribution is 6.17. The first-order chi connectivity index (χ1) is 8.51. The molecule has 0 amide bonds. The SMILES string of the molecule is CCOC(=O)Cc1ncc(C(F)F)c(CCl)c1F. The van der Waals surface area contributed by atoms with Crippen LogP contribution in [0.1, 0.15) is 30.2 Å². The molecule has 0 aliphatic heterocycles. The molecule has 0 unspecified atom stereocenters. The third-order valence-corrected chi connectivity index (χ3v) is 2.48. The van der Waals surface area contributed by atoms with Crippen LogP contribution < -0.4 is 0 Å². The minimum atomic E-state index is -2.86. The van der Waals surface area contributed by atoms with E-state index in [0.29, 0.717) is 0 Å². The Morgan fingerprint density at radius 3 is 2.72 bits per heavy atom. The van der Waals surface area contributed by atoms with Gasteiger partial charge < -0.3 is 4.74 Å². The molecule has 7 heteroatoms. The van der Waals surface area contributed by atoms with Crippen LogP contribution in [0.25, 0.3) is 0 Å². The Balaban J connectivity index is 3.05. The van der Waals surface area contributed by atoms with Gasteiger partial charge in [0, 0.05) is 17.3 Å². The summed E-state index contributed by atoms with van der Waals surface area (Å²) in [5, 5.41) is 0. The van der Waals surface area contributed by atoms with Crippen molar-refractivity contribution in [3.8, 4) is 0 Å². The maximum absolute atomic E-state index is 13.8. The normalized spacial score (nSPS) is 10.8. The van der Waals surface area contributed by atoms with Gasteiger partial charge in [-0.15, -0.1) is 11.6 Å². The highest BCUT2D eigenvalue weighted by atomic mass is 35.5. The summed E-state index contributed by atoms with van der Waals surface area (Å²) < 4.78 is 43.5. The summed E-state index contributed by atoms with van der Waals surface area (Å²) >= 11 is 5.43. The van der Waals surface area contributed by atoms with Crippen LogP contribution in [0.3, 0.4) is 0 Å². The third-order valence-electron chi connectivity index (χ3n) is 2.21. The lowest BCUT2D eigenvalue weighted by Gasteiger charge is -2.10. The van der Waals surface area contributed by atoms with E-state index in [0.717, 1.165) is 6.20 Å². The number of ether oxygens (including phenoxy) is 1. The second kappa shape index (κ2) is 6.58. The monoisotopic (exact) mass is 281 g/mol. The predicted octanol–water partition coefficient (Wildman–Crippen LogP) is 3.00. The van der Waals surface area contributed by atoms with Crippen LogP contribution in [-0.4, -0.2) is 17.6 Å². The molecule has 0 saturated carbocycles. The van der Waals surface area contributed by atoms with Crippen molar-refractivity contribution in [1.29, 1.82) is 0 Å². The molecule has 0 radical (unpaired) electrons. The minimum absolute atomic E-state index is 0.151. The molecule has 1 aromatic rings. The van der Waals surface area contributed by atoms with Gasteiger partial charge in [0.25, 0.3) is 6.43 Å². The van der Waals surface area contributed by atoms with Gasteiger partial charge in [-0.3, -0.25) is 9.78 Å². The van der Waals surface area contributed by atoms with Gasteiger partial charge in [0.2, 0.25) is 0 Å². The topological polar surface area (TPSA) is 39.2 Å². The van der Waals surface area contributed by atoms with Crippen molar-refractivity contribution in [2.24, 2.45) is 0 Å². The Labute approximate surface area is 107 Å². The fourth-order valence-electron chi connectivity index (χ4n) is 1.38. The average Bonchev–Trinajstić information content (AvgIpc) is 2.31. The van der Waals surface area contributed by atoms with E-state index in [-0.39, 0.29) is 17.9 Å². The van der Waals surface area contributed by atoms with Crippen molar-refractivity contribution in [2.75, 3.05) is 6.61 Å². The van der Waals surface area contributed by atoms with Crippen molar-refractivity contribution in [3.63, 3.8) is 0 Å². The maximum atomic E-state index is 13.8. The zero-order valence-corrected chi connectivity index (χ0v) is 10.3. The summed E-state index contributed by atoms with van der Waals surface area (Å²) in [4.78, 5) is 14.7. The van der Waals surface area contributed by atoms with Crippen LogP contribution in [0.5, 0.6) is 0 Å². The molecular formula is C11H11ClF3NO2. The summed E-state index contributed by atoms with van der Waals surface area (Å²) in [5.41, 5.74) is -1.13. The fraction of sp³-hybridized carbons (Fsp3) is 0.455. The molecule has 100 valence electrons. The zero-order valence-electron chi connectivity index (χ0n) is 9.55. The summed E-state index contributed by atoms with van der Waals surface area (Å²) in [6, 6.07) is 0. The summed E-state index contributed by atoms with van der Waals surface area (Å²) in [6.45, 7) is 1.75. The first-order valence-electron chi connectivity index (χ1n) is 5.17. The van der Waals surface area contributed by atoms with Crippen molar-refractivity contribution in [1.82, 2.24) is 4.98 Å². The first-order valence-corrected chi connectivity index (χ1v) is 5.70. The lowest BCUT2D eigenvalue weighted by molar-refractivity contribution is -0.142. The number of nitrogens with zero attached hydrogens (tertiary/aromatic N) is 1. The number of rotatable bonds is 5. The van der Waals surface area contributed by atoms with E-state index in [9.17, 15) is 18.0 Å². The number of halogens is 4. The number of hydrogen-bond donors (Lipinski definition) is 0. The number of alkyl halides is 3. The largest absolute Gasteiger partial charge is 0.466 e. The van der Waals surface area contributed by atoms with E-state index >= 15 is 0 Å². The van der Waals surface area contributed by atoms with Gasteiger partial charge in [-0.2, -0.15) is 0 Å². The van der Waals surface area contributed by atoms with Gasteiger partial charge in [0.15, 0.2) is 0 Å². The molecule has 0 aliphatic rings. The molecule has 0 fully saturated rings. The fourth-order valence-corrected chi connectivity index (χ4v) is 1.65. The lowest BCUT2D eigenvalue weighted by atomic mass is 10.1. The lowest BCUT2D eigenvalue weighted by Crippen LogP contribution is -2.12. The van der Waals surface area contributed by atoms with Gasteiger partial charge in [-0.05, 0) is 6.92 Å². The van der Waals surface area contributed by atoms with E-state index in [1.165, 1.54) is 0 Å². The van der Waals surface area contributed by atoms with Crippen molar-refractivity contribution in [2.45, 2.75) is 25.7 Å². The number of pyridine rings is 1. The van der Waals surface area contributed by atoms with Crippen LogP contribution in [0.2, 0.25) is 0 Å². The summed E-state index contributed by atoms with van der Waals surface area (Å²) in [7, 11) is 0. The van der Waals surface area contributed by atoms with E-state index in [4.69, 9.17) is 11.6 Å². The quantitative estimate of drug-likeness (QED) is 0.615. The summed E-state index contributed by atoms with van der Waals surface area (Å²) in [6.07, 6.45) is -2.44. The highest BCUT2D eigenvalue weighted by Gasteiger charge is 2.21. The zero-order chi connectivity index (χ0) is 13.7. The smallest absolute Gasteiger partial charge is 0.311 e. The number of carbonyl (C=O) groups is 1. The molecule has 0 aromatic carbocycles. The number of esters is 1. The van der Waals surface area contributed by atoms with Gasteiger partial charge in [0.1, 0.15) is 5.82 Å². The minimum Gasteiger partial charge on any atom is -0.466 e. The molecule has 0 N–H and O–H groups in total. The Morgan fingerprint density at radius 1 is 1.56 bits per heavy atom. The van der Waals surface area contributed by atoms with E-state index in [1.54, 1.807) is 6.92 Å². The van der Waals surface area contributed by atoms with Crippen molar-refractivity contribution in [3.05, 3.63) is 28.8 Å². The van der Waals surface area contributed by atoms with Crippen LogP contribution in [0, 0.1) is 5.82 Å². The maximum Gasteiger partial charge on any atom is 0.311 e. The first kappa shape index (κ1) is 14.8. The second-order valence-electron chi connectivity index (χ2n) is 3.37. The van der Waals surface area contributed by atoms with E-state index < -0.39 is 36.1 Å². The molecular weight excluding hydrogens is 271 g/mol. The number of carbonyl (C=O) groups excluding carboxylic acids is 1. The van der Waals surface area contributed by atoms with Crippen molar-refractivity contribution >= 4 is 17.6 Å².